The first-order valence-corrected chi connectivity index (χ1v) is 13.0. The molecule has 1 aromatic rings. The molecule has 7 heteroatoms. The average molecular weight is 488 g/mol. The fourth-order valence-electron chi connectivity index (χ4n) is 4.21. The molecule has 2 rings (SSSR count). The van der Waals surface area contributed by atoms with Crippen molar-refractivity contribution in [1.29, 1.82) is 0 Å². The van der Waals surface area contributed by atoms with E-state index >= 15 is 0 Å². The Morgan fingerprint density at radius 2 is 1.77 bits per heavy atom. The lowest BCUT2D eigenvalue weighted by atomic mass is 9.95. The molecule has 3 amide bonds. The van der Waals surface area contributed by atoms with Crippen LogP contribution in [0.2, 0.25) is 0 Å². The fourth-order valence-corrected chi connectivity index (χ4v) is 4.21. The SMILES string of the molecule is CCCCCNC(=O)C(c1ccc(C)cc1C)N(C(=O)C(NC(=O)OC(C)(C)C)C(C)C)C1CC1. The van der Waals surface area contributed by atoms with Crippen LogP contribution < -0.4 is 10.6 Å². The van der Waals surface area contributed by atoms with Crippen molar-refractivity contribution in [3.8, 4) is 0 Å². The third kappa shape index (κ3) is 8.55. The highest BCUT2D eigenvalue weighted by Crippen LogP contribution is 2.37. The molecule has 2 unspecified atom stereocenters. The van der Waals surface area contributed by atoms with Crippen molar-refractivity contribution in [2.75, 3.05) is 6.54 Å². The topological polar surface area (TPSA) is 87.7 Å². The van der Waals surface area contributed by atoms with Gasteiger partial charge in [-0.1, -0.05) is 57.4 Å². The molecule has 0 aromatic heterocycles. The molecule has 1 aliphatic rings. The zero-order chi connectivity index (χ0) is 26.3. The lowest BCUT2D eigenvalue weighted by Crippen LogP contribution is -2.55. The second-order valence-corrected chi connectivity index (χ2v) is 11.1. The van der Waals surface area contributed by atoms with Crippen molar-refractivity contribution in [3.05, 3.63) is 34.9 Å². The van der Waals surface area contributed by atoms with E-state index in [0.29, 0.717) is 6.54 Å². The van der Waals surface area contributed by atoms with Crippen molar-refractivity contribution in [3.63, 3.8) is 0 Å². The van der Waals surface area contributed by atoms with Crippen molar-refractivity contribution in [2.24, 2.45) is 5.92 Å². The van der Waals surface area contributed by atoms with Gasteiger partial charge < -0.3 is 20.3 Å². The third-order valence-electron chi connectivity index (χ3n) is 6.13. The quantitative estimate of drug-likeness (QED) is 0.421. The Bertz CT molecular complexity index is 887. The van der Waals surface area contributed by atoms with Crippen LogP contribution in [0.25, 0.3) is 0 Å². The summed E-state index contributed by atoms with van der Waals surface area (Å²) in [7, 11) is 0. The lowest BCUT2D eigenvalue weighted by molar-refractivity contribution is -0.144. The van der Waals surface area contributed by atoms with E-state index in [1.54, 1.807) is 25.7 Å². The maximum absolute atomic E-state index is 14.0. The summed E-state index contributed by atoms with van der Waals surface area (Å²) in [4.78, 5) is 41.9. The van der Waals surface area contributed by atoms with E-state index in [1.165, 1.54) is 0 Å². The van der Waals surface area contributed by atoms with Crippen LogP contribution >= 0.6 is 0 Å². The van der Waals surface area contributed by atoms with Crippen LogP contribution in [0, 0.1) is 19.8 Å². The van der Waals surface area contributed by atoms with E-state index in [1.807, 2.05) is 45.9 Å². The van der Waals surface area contributed by atoms with E-state index in [-0.39, 0.29) is 23.8 Å². The number of nitrogens with zero attached hydrogens (tertiary/aromatic N) is 1. The predicted octanol–water partition coefficient (Wildman–Crippen LogP) is 5.19. The molecule has 1 aromatic carbocycles. The molecule has 1 saturated carbocycles. The number of hydrogen-bond acceptors (Lipinski definition) is 4. The maximum Gasteiger partial charge on any atom is 0.408 e. The zero-order valence-electron chi connectivity index (χ0n) is 22.9. The van der Waals surface area contributed by atoms with Crippen molar-refractivity contribution < 1.29 is 19.1 Å². The number of ether oxygens (including phenoxy) is 1. The minimum absolute atomic E-state index is 0.0312. The van der Waals surface area contributed by atoms with Gasteiger partial charge in [0.05, 0.1) is 0 Å². The minimum Gasteiger partial charge on any atom is -0.444 e. The molecule has 7 nitrogen and oxygen atoms in total. The highest BCUT2D eigenvalue weighted by atomic mass is 16.6. The third-order valence-corrected chi connectivity index (χ3v) is 6.13. The molecule has 35 heavy (non-hydrogen) atoms. The Labute approximate surface area is 211 Å². The first kappa shape index (κ1) is 28.7. The Morgan fingerprint density at radius 1 is 1.11 bits per heavy atom. The molecular weight excluding hydrogens is 442 g/mol. The van der Waals surface area contributed by atoms with Gasteiger partial charge in [-0.25, -0.2) is 4.79 Å². The summed E-state index contributed by atoms with van der Waals surface area (Å²) in [6.07, 6.45) is 4.05. The molecule has 0 saturated heterocycles. The fraction of sp³-hybridized carbons (Fsp3) is 0.679. The number of benzene rings is 1. The van der Waals surface area contributed by atoms with E-state index in [9.17, 15) is 14.4 Å². The van der Waals surface area contributed by atoms with Gasteiger partial charge in [0.2, 0.25) is 11.8 Å². The van der Waals surface area contributed by atoms with Gasteiger partial charge in [-0.05, 0) is 70.9 Å². The molecule has 196 valence electrons. The molecule has 0 spiro atoms. The largest absolute Gasteiger partial charge is 0.444 e. The lowest BCUT2D eigenvalue weighted by Gasteiger charge is -2.36. The standard InChI is InChI=1S/C28H45N3O4/c1-9-10-11-16-29-25(32)24(22-15-12-19(4)17-20(22)5)31(21-13-14-21)26(33)23(18(2)3)30-27(34)35-28(6,7)8/h12,15,17-18,21,23-24H,9-11,13-14,16H2,1-8H3,(H,29,32)(H,30,34). The molecular formula is C28H45N3O4. The monoisotopic (exact) mass is 487 g/mol. The van der Waals surface area contributed by atoms with E-state index in [2.05, 4.69) is 17.6 Å². The number of rotatable bonds is 11. The summed E-state index contributed by atoms with van der Waals surface area (Å²) in [5, 5.41) is 5.85. The van der Waals surface area contributed by atoms with Crippen molar-refractivity contribution in [2.45, 2.75) is 111 Å². The van der Waals surface area contributed by atoms with Crippen molar-refractivity contribution >= 4 is 17.9 Å². The van der Waals surface area contributed by atoms with E-state index < -0.39 is 23.8 Å². The van der Waals surface area contributed by atoms with Crippen LogP contribution in [0.3, 0.4) is 0 Å². The van der Waals surface area contributed by atoms with Gasteiger partial charge in [0.1, 0.15) is 17.7 Å². The van der Waals surface area contributed by atoms with Gasteiger partial charge in [0.15, 0.2) is 0 Å². The summed E-state index contributed by atoms with van der Waals surface area (Å²) in [5.41, 5.74) is 2.22. The first-order chi connectivity index (χ1) is 16.4. The summed E-state index contributed by atoms with van der Waals surface area (Å²) in [5.74, 6) is -0.598. The number of alkyl carbamates (subject to hydrolysis) is 1. The highest BCUT2D eigenvalue weighted by Gasteiger charge is 2.45. The van der Waals surface area contributed by atoms with Crippen LogP contribution in [0.5, 0.6) is 0 Å². The second kappa shape index (κ2) is 12.4. The number of carbonyl (C=O) groups is 3. The summed E-state index contributed by atoms with van der Waals surface area (Å²) in [6.45, 7) is 15.8. The van der Waals surface area contributed by atoms with Gasteiger partial charge >= 0.3 is 6.09 Å². The predicted molar refractivity (Wildman–Crippen MR) is 139 cm³/mol. The molecule has 2 atom stereocenters. The summed E-state index contributed by atoms with van der Waals surface area (Å²) < 4.78 is 5.43. The van der Waals surface area contributed by atoms with Crippen LogP contribution in [-0.2, 0) is 14.3 Å². The Balaban J connectivity index is 2.41. The smallest absolute Gasteiger partial charge is 0.408 e. The second-order valence-electron chi connectivity index (χ2n) is 11.1. The van der Waals surface area contributed by atoms with Crippen LogP contribution in [0.1, 0.15) is 96.4 Å². The van der Waals surface area contributed by atoms with Crippen molar-refractivity contribution in [1.82, 2.24) is 15.5 Å². The summed E-state index contributed by atoms with van der Waals surface area (Å²) in [6, 6.07) is 4.40. The number of aryl methyl sites for hydroxylation is 2. The average Bonchev–Trinajstić information content (AvgIpc) is 3.57. The summed E-state index contributed by atoms with van der Waals surface area (Å²) >= 11 is 0. The number of hydrogen-bond donors (Lipinski definition) is 2. The molecule has 0 bridgehead atoms. The van der Waals surface area contributed by atoms with Crippen LogP contribution in [0.4, 0.5) is 4.79 Å². The molecule has 1 aliphatic carbocycles. The molecule has 1 fully saturated rings. The zero-order valence-corrected chi connectivity index (χ0v) is 22.9. The molecule has 0 heterocycles. The van der Waals surface area contributed by atoms with Gasteiger partial charge in [-0.3, -0.25) is 9.59 Å². The van der Waals surface area contributed by atoms with E-state index in [0.717, 1.165) is 48.8 Å². The maximum atomic E-state index is 14.0. The Hall–Kier alpha value is -2.57. The number of unbranched alkanes of at least 4 members (excludes halogenated alkanes) is 2. The Morgan fingerprint density at radius 3 is 2.29 bits per heavy atom. The number of carbonyl (C=O) groups excluding carboxylic acids is 3. The molecule has 2 N–H and O–H groups in total. The molecule has 0 aliphatic heterocycles. The van der Waals surface area contributed by atoms with Crippen LogP contribution in [-0.4, -0.2) is 47.0 Å². The number of nitrogens with one attached hydrogen (secondary N) is 2. The highest BCUT2D eigenvalue weighted by molar-refractivity contribution is 5.93. The van der Waals surface area contributed by atoms with Gasteiger partial charge in [-0.15, -0.1) is 0 Å². The van der Waals surface area contributed by atoms with Crippen LogP contribution in [0.15, 0.2) is 18.2 Å². The molecule has 0 radical (unpaired) electrons. The first-order valence-electron chi connectivity index (χ1n) is 13.0. The normalized spacial score (nSPS) is 15.3. The Kier molecular flexibility index (Phi) is 10.2. The minimum atomic E-state index is -0.799. The van der Waals surface area contributed by atoms with Gasteiger partial charge in [0.25, 0.3) is 0 Å². The van der Waals surface area contributed by atoms with Gasteiger partial charge in [-0.2, -0.15) is 0 Å². The number of amides is 3. The van der Waals surface area contributed by atoms with Gasteiger partial charge in [0, 0.05) is 12.6 Å². The van der Waals surface area contributed by atoms with E-state index in [4.69, 9.17) is 4.74 Å².